The van der Waals surface area contributed by atoms with Gasteiger partial charge in [-0.05, 0) is 25.1 Å². The molecule has 1 fully saturated rings. The molecule has 3 heterocycles. The lowest BCUT2D eigenvalue weighted by molar-refractivity contribution is -0.119. The van der Waals surface area contributed by atoms with Gasteiger partial charge < -0.3 is 10.1 Å². The van der Waals surface area contributed by atoms with Crippen LogP contribution in [-0.2, 0) is 9.53 Å². The molecule has 7 nitrogen and oxygen atoms in total. The molecule has 0 bridgehead atoms. The summed E-state index contributed by atoms with van der Waals surface area (Å²) >= 11 is 0. The first-order valence-corrected chi connectivity index (χ1v) is 7.68. The Balaban J connectivity index is 1.65. The van der Waals surface area contributed by atoms with Gasteiger partial charge in [0.05, 0.1) is 18.9 Å². The lowest BCUT2D eigenvalue weighted by Gasteiger charge is -2.35. The van der Waals surface area contributed by atoms with Crippen molar-refractivity contribution in [1.29, 1.82) is 0 Å². The van der Waals surface area contributed by atoms with Gasteiger partial charge in [0.15, 0.2) is 5.65 Å². The van der Waals surface area contributed by atoms with Gasteiger partial charge >= 0.3 is 0 Å². The highest BCUT2D eigenvalue weighted by Gasteiger charge is 2.24. The van der Waals surface area contributed by atoms with Gasteiger partial charge in [0.25, 0.3) is 0 Å². The van der Waals surface area contributed by atoms with Gasteiger partial charge in [-0.15, -0.1) is 10.2 Å². The molecule has 0 aromatic carbocycles. The number of aromatic nitrogens is 3. The summed E-state index contributed by atoms with van der Waals surface area (Å²) in [6, 6.07) is 3.84. The number of nitrogens with one attached hydrogen (secondary N) is 1. The predicted molar refractivity (Wildman–Crippen MR) is 82.7 cm³/mol. The molecule has 1 N–H and O–H groups in total. The molecule has 0 aliphatic carbocycles. The van der Waals surface area contributed by atoms with Crippen LogP contribution in [0, 0.1) is 0 Å². The molecule has 1 saturated heterocycles. The predicted octanol–water partition coefficient (Wildman–Crippen LogP) is 1.17. The van der Waals surface area contributed by atoms with Crippen molar-refractivity contribution in [2.45, 2.75) is 25.8 Å². The average Bonchev–Trinajstić information content (AvgIpc) is 2.99. The second kappa shape index (κ2) is 6.85. The zero-order valence-corrected chi connectivity index (χ0v) is 12.7. The molecule has 1 atom stereocenters. The highest BCUT2D eigenvalue weighted by molar-refractivity contribution is 5.94. The fourth-order valence-electron chi connectivity index (χ4n) is 2.82. The Hall–Kier alpha value is -1.99. The van der Waals surface area contributed by atoms with Crippen molar-refractivity contribution in [3.05, 3.63) is 24.7 Å². The molecule has 1 aliphatic heterocycles. The van der Waals surface area contributed by atoms with Crippen LogP contribution in [0.15, 0.2) is 24.7 Å². The van der Waals surface area contributed by atoms with E-state index in [0.717, 1.165) is 26.1 Å². The highest BCUT2D eigenvalue weighted by Crippen LogP contribution is 2.16. The Morgan fingerprint density at radius 2 is 2.45 bits per heavy atom. The normalized spacial score (nSPS) is 19.4. The van der Waals surface area contributed by atoms with Crippen LogP contribution in [0.3, 0.4) is 0 Å². The topological polar surface area (TPSA) is 71.8 Å². The number of anilines is 1. The van der Waals surface area contributed by atoms with Crippen LogP contribution in [0.5, 0.6) is 0 Å². The first-order chi connectivity index (χ1) is 10.8. The molecule has 0 radical (unpaired) electrons. The fraction of sp³-hybridized carbons (Fsp3) is 0.533. The monoisotopic (exact) mass is 303 g/mol. The summed E-state index contributed by atoms with van der Waals surface area (Å²) in [4.78, 5) is 14.7. The average molecular weight is 303 g/mol. The largest absolute Gasteiger partial charge is 0.378 e. The van der Waals surface area contributed by atoms with Gasteiger partial charge in [-0.2, -0.15) is 0 Å². The molecule has 118 valence electrons. The van der Waals surface area contributed by atoms with Crippen LogP contribution >= 0.6 is 0 Å². The van der Waals surface area contributed by atoms with Crippen molar-refractivity contribution in [2.24, 2.45) is 0 Å². The number of amides is 1. The summed E-state index contributed by atoms with van der Waals surface area (Å²) in [6.07, 6.45) is 4.97. The molecule has 0 saturated carbocycles. The first kappa shape index (κ1) is 14.9. The number of hydrogen-bond donors (Lipinski definition) is 1. The van der Waals surface area contributed by atoms with Gasteiger partial charge in [0.1, 0.15) is 6.33 Å². The first-order valence-electron chi connectivity index (χ1n) is 7.68. The van der Waals surface area contributed by atoms with Crippen LogP contribution in [0.25, 0.3) is 5.65 Å². The molecule has 7 heteroatoms. The molecule has 2 aromatic heterocycles. The number of morpholine rings is 1. The summed E-state index contributed by atoms with van der Waals surface area (Å²) in [7, 11) is 0. The van der Waals surface area contributed by atoms with E-state index in [2.05, 4.69) is 27.3 Å². The zero-order valence-electron chi connectivity index (χ0n) is 12.7. The number of carbonyl (C=O) groups is 1. The summed E-state index contributed by atoms with van der Waals surface area (Å²) in [5.74, 6) is -0.0206. The Bertz CT molecular complexity index is 640. The van der Waals surface area contributed by atoms with Crippen LogP contribution in [0.1, 0.15) is 19.8 Å². The maximum Gasteiger partial charge on any atom is 0.226 e. The number of rotatable bonds is 5. The van der Waals surface area contributed by atoms with Crippen LogP contribution in [-0.4, -0.2) is 57.8 Å². The summed E-state index contributed by atoms with van der Waals surface area (Å²) in [5.41, 5.74) is 1.34. The lowest BCUT2D eigenvalue weighted by atomic mass is 10.1. The molecule has 0 unspecified atom stereocenters. The fourth-order valence-corrected chi connectivity index (χ4v) is 2.82. The van der Waals surface area contributed by atoms with Gasteiger partial charge in [-0.3, -0.25) is 14.1 Å². The molecule has 22 heavy (non-hydrogen) atoms. The third-order valence-corrected chi connectivity index (χ3v) is 3.88. The minimum Gasteiger partial charge on any atom is -0.378 e. The van der Waals surface area contributed by atoms with Crippen molar-refractivity contribution in [3.8, 4) is 0 Å². The van der Waals surface area contributed by atoms with Gasteiger partial charge in [0.2, 0.25) is 5.91 Å². The molecule has 2 aromatic rings. The van der Waals surface area contributed by atoms with E-state index in [0.29, 0.717) is 24.4 Å². The number of carbonyl (C=O) groups excluding carboxylic acids is 1. The van der Waals surface area contributed by atoms with Gasteiger partial charge in [-0.1, -0.05) is 6.92 Å². The summed E-state index contributed by atoms with van der Waals surface area (Å²) in [6.45, 7) is 5.41. The standard InChI is InChI=1S/C15H21N5O2/c1-2-5-19-7-8-22-10-12(19)9-14(21)17-13-4-3-6-20-11-16-18-15(13)20/h3-4,6,11-12H,2,5,7-10H2,1H3,(H,17,21)/t12-/m0/s1. The number of fused-ring (bicyclic) bond motifs is 1. The highest BCUT2D eigenvalue weighted by atomic mass is 16.5. The van der Waals surface area contributed by atoms with Crippen molar-refractivity contribution in [3.63, 3.8) is 0 Å². The van der Waals surface area contributed by atoms with E-state index < -0.39 is 0 Å². The van der Waals surface area contributed by atoms with E-state index in [1.165, 1.54) is 0 Å². The maximum absolute atomic E-state index is 12.3. The van der Waals surface area contributed by atoms with E-state index in [4.69, 9.17) is 4.74 Å². The Labute approximate surface area is 129 Å². The minimum absolute atomic E-state index is 0.0206. The van der Waals surface area contributed by atoms with Crippen molar-refractivity contribution >= 4 is 17.2 Å². The van der Waals surface area contributed by atoms with Crippen LogP contribution in [0.4, 0.5) is 5.69 Å². The van der Waals surface area contributed by atoms with Crippen molar-refractivity contribution in [1.82, 2.24) is 19.5 Å². The zero-order chi connectivity index (χ0) is 15.4. The number of ether oxygens (including phenoxy) is 1. The minimum atomic E-state index is -0.0206. The Kier molecular flexibility index (Phi) is 4.65. The van der Waals surface area contributed by atoms with E-state index >= 15 is 0 Å². The summed E-state index contributed by atoms with van der Waals surface area (Å²) in [5, 5.41) is 10.8. The molecule has 1 aliphatic rings. The second-order valence-electron chi connectivity index (χ2n) is 5.50. The Morgan fingerprint density at radius 1 is 1.55 bits per heavy atom. The second-order valence-corrected chi connectivity index (χ2v) is 5.50. The maximum atomic E-state index is 12.3. The summed E-state index contributed by atoms with van der Waals surface area (Å²) < 4.78 is 7.30. The van der Waals surface area contributed by atoms with Gasteiger partial charge in [-0.25, -0.2) is 0 Å². The molecular formula is C15H21N5O2. The third-order valence-electron chi connectivity index (χ3n) is 3.88. The van der Waals surface area contributed by atoms with Crippen LogP contribution < -0.4 is 5.32 Å². The van der Waals surface area contributed by atoms with E-state index in [1.807, 2.05) is 18.3 Å². The molecule has 3 rings (SSSR count). The number of nitrogens with zero attached hydrogens (tertiary/aromatic N) is 4. The molecule has 1 amide bonds. The van der Waals surface area contributed by atoms with Crippen molar-refractivity contribution < 1.29 is 9.53 Å². The van der Waals surface area contributed by atoms with Crippen molar-refractivity contribution in [2.75, 3.05) is 31.6 Å². The van der Waals surface area contributed by atoms with E-state index in [9.17, 15) is 4.79 Å². The smallest absolute Gasteiger partial charge is 0.226 e. The van der Waals surface area contributed by atoms with Gasteiger partial charge in [0, 0.05) is 25.2 Å². The molecular weight excluding hydrogens is 282 g/mol. The van der Waals surface area contributed by atoms with Crippen LogP contribution in [0.2, 0.25) is 0 Å². The quantitative estimate of drug-likeness (QED) is 0.897. The van der Waals surface area contributed by atoms with E-state index in [-0.39, 0.29) is 11.9 Å². The lowest BCUT2D eigenvalue weighted by Crippen LogP contribution is -2.47. The SMILES string of the molecule is CCCN1CCOC[C@@H]1CC(=O)Nc1cccn2cnnc12. The number of pyridine rings is 1. The third kappa shape index (κ3) is 3.26. The number of hydrogen-bond acceptors (Lipinski definition) is 5. The molecule has 0 spiro atoms. The Morgan fingerprint density at radius 3 is 3.32 bits per heavy atom. The van der Waals surface area contributed by atoms with E-state index in [1.54, 1.807) is 10.7 Å².